The number of rotatable bonds is 9. The molecule has 4 heterocycles. The number of aliphatic hydroxyl groups excluding tert-OH is 1. The number of aromatic amines is 1. The lowest BCUT2D eigenvalue weighted by molar-refractivity contribution is 0.0851. The number of aliphatic hydroxyl groups is 1. The van der Waals surface area contributed by atoms with E-state index in [0.29, 0.717) is 53.7 Å². The number of hydrogen-bond donors (Lipinski definition) is 4. The number of carbonyl (C=O) groups is 2. The molecule has 0 aliphatic carbocycles. The summed E-state index contributed by atoms with van der Waals surface area (Å²) in [5, 5.41) is 32.4. The molecule has 4 N–H and O–H groups in total. The molecule has 0 radical (unpaired) electrons. The second kappa shape index (κ2) is 11.4. The van der Waals surface area contributed by atoms with E-state index in [1.165, 1.54) is 17.1 Å². The zero-order valence-electron chi connectivity index (χ0n) is 22.7. The summed E-state index contributed by atoms with van der Waals surface area (Å²) in [6.45, 7) is 3.23. The monoisotopic (exact) mass is 589 g/mol. The van der Waals surface area contributed by atoms with Crippen LogP contribution in [-0.2, 0) is 11.3 Å². The lowest BCUT2D eigenvalue weighted by Crippen LogP contribution is -2.30. The Kier molecular flexibility index (Phi) is 7.50. The number of nitrogens with one attached hydrogen (secondary N) is 2. The van der Waals surface area contributed by atoms with E-state index in [4.69, 9.17) is 21.4 Å². The zero-order valence-corrected chi connectivity index (χ0v) is 23.4. The predicted molar refractivity (Wildman–Crippen MR) is 157 cm³/mol. The predicted octanol–water partition coefficient (Wildman–Crippen LogP) is 3.57. The standard InChI is InChI=1S/C29H28ClN7O5/c1-16-3-2-4-20-24(39)11-23-26(25(16)20)18(12-30)14-37(23)29(41)21-10-17-9-19(13-31-27(17)33-21)32-28(40)22-15-36(35-34-22)5-7-42-8-6-38/h2-4,9-11,13,15,18,38-39H,5-8,12,14H2,1H3,(H,31,33)(H,32,40)/t18-/m1/s1. The molecule has 3 aromatic heterocycles. The number of anilines is 2. The Labute approximate surface area is 244 Å². The van der Waals surface area contributed by atoms with E-state index in [1.54, 1.807) is 23.1 Å². The number of aryl methyl sites for hydroxylation is 1. The first kappa shape index (κ1) is 27.6. The molecule has 42 heavy (non-hydrogen) atoms. The van der Waals surface area contributed by atoms with Crippen molar-refractivity contribution in [3.05, 3.63) is 71.3 Å². The summed E-state index contributed by atoms with van der Waals surface area (Å²) in [6.07, 6.45) is 2.99. The SMILES string of the molecule is Cc1cccc2c(O)cc3c(c12)[C@H](CCl)CN3C(=O)c1cc2cc(NC(=O)c3cn(CCOCCO)nn3)cnc2[nH]1. The molecule has 0 spiro atoms. The summed E-state index contributed by atoms with van der Waals surface area (Å²) < 4.78 is 6.68. The van der Waals surface area contributed by atoms with E-state index in [9.17, 15) is 14.7 Å². The number of benzene rings is 2. The lowest BCUT2D eigenvalue weighted by atomic mass is 9.92. The Morgan fingerprint density at radius 2 is 2.10 bits per heavy atom. The van der Waals surface area contributed by atoms with Gasteiger partial charge in [0, 0.05) is 35.2 Å². The number of phenolic OH excluding ortho intramolecular Hbond substituents is 1. The molecule has 6 rings (SSSR count). The number of alkyl halides is 1. The molecule has 5 aromatic rings. The first-order valence-corrected chi connectivity index (χ1v) is 13.9. The molecule has 216 valence electrons. The molecular weight excluding hydrogens is 562 g/mol. The van der Waals surface area contributed by atoms with E-state index in [-0.39, 0.29) is 36.5 Å². The van der Waals surface area contributed by atoms with Crippen molar-refractivity contribution in [1.82, 2.24) is 25.0 Å². The molecule has 0 unspecified atom stereocenters. The first-order valence-electron chi connectivity index (χ1n) is 13.4. The summed E-state index contributed by atoms with van der Waals surface area (Å²) in [5.74, 6) is -0.402. The van der Waals surface area contributed by atoms with Crippen LogP contribution in [0.3, 0.4) is 0 Å². The molecule has 0 fully saturated rings. The van der Waals surface area contributed by atoms with Crippen molar-refractivity contribution in [2.75, 3.05) is 42.5 Å². The highest BCUT2D eigenvalue weighted by Gasteiger charge is 2.36. The molecule has 13 heteroatoms. The highest BCUT2D eigenvalue weighted by Crippen LogP contribution is 2.46. The number of amides is 2. The first-order chi connectivity index (χ1) is 20.4. The van der Waals surface area contributed by atoms with Gasteiger partial charge in [0.25, 0.3) is 11.8 Å². The Morgan fingerprint density at radius 1 is 1.24 bits per heavy atom. The smallest absolute Gasteiger partial charge is 0.277 e. The van der Waals surface area contributed by atoms with Gasteiger partial charge in [0.15, 0.2) is 5.69 Å². The number of carbonyl (C=O) groups excluding carboxylic acids is 2. The number of halogens is 1. The minimum absolute atomic E-state index is 0.0669. The van der Waals surface area contributed by atoms with Gasteiger partial charge in [-0.2, -0.15) is 0 Å². The maximum absolute atomic E-state index is 13.8. The largest absolute Gasteiger partial charge is 0.507 e. The zero-order chi connectivity index (χ0) is 29.4. The fraction of sp³-hybridized carbons (Fsp3) is 0.276. The topological polar surface area (TPSA) is 158 Å². The van der Waals surface area contributed by atoms with E-state index < -0.39 is 5.91 Å². The van der Waals surface area contributed by atoms with E-state index in [0.717, 1.165) is 21.9 Å². The van der Waals surface area contributed by atoms with Crippen LogP contribution in [0.1, 0.15) is 38.0 Å². The van der Waals surface area contributed by atoms with Crippen LogP contribution in [0.25, 0.3) is 21.8 Å². The number of ether oxygens (including phenoxy) is 1. The molecule has 1 aliphatic rings. The van der Waals surface area contributed by atoms with Crippen molar-refractivity contribution in [3.63, 3.8) is 0 Å². The van der Waals surface area contributed by atoms with Crippen LogP contribution in [-0.4, -0.2) is 79.2 Å². The molecule has 2 amide bonds. The van der Waals surface area contributed by atoms with E-state index in [1.807, 2.05) is 25.1 Å². The Hall–Kier alpha value is -4.52. The number of pyridine rings is 1. The minimum Gasteiger partial charge on any atom is -0.507 e. The van der Waals surface area contributed by atoms with Crippen LogP contribution in [0, 0.1) is 6.92 Å². The van der Waals surface area contributed by atoms with Crippen molar-refractivity contribution in [2.45, 2.75) is 19.4 Å². The third-order valence-electron chi connectivity index (χ3n) is 7.33. The van der Waals surface area contributed by atoms with Gasteiger partial charge in [-0.25, -0.2) is 9.67 Å². The number of phenols is 1. The Balaban J connectivity index is 1.22. The average Bonchev–Trinajstić information content (AvgIpc) is 3.72. The molecule has 12 nitrogen and oxygen atoms in total. The van der Waals surface area contributed by atoms with Crippen molar-refractivity contribution >= 4 is 56.6 Å². The van der Waals surface area contributed by atoms with Crippen LogP contribution in [0.5, 0.6) is 5.75 Å². The summed E-state index contributed by atoms with van der Waals surface area (Å²) in [5.41, 5.74) is 3.94. The van der Waals surface area contributed by atoms with Crippen LogP contribution in [0.15, 0.2) is 48.8 Å². The molecule has 0 saturated heterocycles. The van der Waals surface area contributed by atoms with Gasteiger partial charge < -0.3 is 30.2 Å². The fourth-order valence-corrected chi connectivity index (χ4v) is 5.64. The van der Waals surface area contributed by atoms with E-state index in [2.05, 4.69) is 25.6 Å². The van der Waals surface area contributed by atoms with Gasteiger partial charge >= 0.3 is 0 Å². The van der Waals surface area contributed by atoms with Crippen molar-refractivity contribution in [1.29, 1.82) is 0 Å². The maximum Gasteiger partial charge on any atom is 0.277 e. The minimum atomic E-state index is -0.464. The lowest BCUT2D eigenvalue weighted by Gasteiger charge is -2.18. The van der Waals surface area contributed by atoms with Crippen LogP contribution < -0.4 is 10.2 Å². The number of hydrogen-bond acceptors (Lipinski definition) is 8. The Bertz CT molecular complexity index is 1820. The van der Waals surface area contributed by atoms with Gasteiger partial charge in [-0.3, -0.25) is 9.59 Å². The maximum atomic E-state index is 13.8. The van der Waals surface area contributed by atoms with Crippen LogP contribution in [0.4, 0.5) is 11.4 Å². The summed E-state index contributed by atoms with van der Waals surface area (Å²) in [7, 11) is 0. The Morgan fingerprint density at radius 3 is 2.90 bits per heavy atom. The second-order valence-corrected chi connectivity index (χ2v) is 10.4. The number of H-pyrrole nitrogens is 1. The number of fused-ring (bicyclic) bond motifs is 4. The molecule has 1 atom stereocenters. The van der Waals surface area contributed by atoms with Crippen molar-refractivity contribution in [2.24, 2.45) is 0 Å². The van der Waals surface area contributed by atoms with Gasteiger partial charge in [0.2, 0.25) is 0 Å². The molecule has 0 bridgehead atoms. The molecule has 2 aromatic carbocycles. The third-order valence-corrected chi connectivity index (χ3v) is 7.70. The highest BCUT2D eigenvalue weighted by atomic mass is 35.5. The van der Waals surface area contributed by atoms with Gasteiger partial charge in [0.1, 0.15) is 17.1 Å². The molecule has 1 aliphatic heterocycles. The number of nitrogens with zero attached hydrogens (tertiary/aromatic N) is 5. The van der Waals surface area contributed by atoms with Crippen LogP contribution >= 0.6 is 11.6 Å². The third kappa shape index (κ3) is 5.04. The highest BCUT2D eigenvalue weighted by molar-refractivity contribution is 6.19. The van der Waals surface area contributed by atoms with Gasteiger partial charge in [-0.15, -0.1) is 16.7 Å². The van der Waals surface area contributed by atoms with Crippen LogP contribution in [0.2, 0.25) is 0 Å². The van der Waals surface area contributed by atoms with Crippen molar-refractivity contribution in [3.8, 4) is 5.75 Å². The summed E-state index contributed by atoms with van der Waals surface area (Å²) >= 11 is 6.37. The summed E-state index contributed by atoms with van der Waals surface area (Å²) in [6, 6.07) is 10.8. The number of aromatic hydroxyl groups is 1. The van der Waals surface area contributed by atoms with Gasteiger partial charge in [0.05, 0.1) is 50.1 Å². The average molecular weight is 590 g/mol. The summed E-state index contributed by atoms with van der Waals surface area (Å²) in [4.78, 5) is 35.6. The quantitative estimate of drug-likeness (QED) is 0.150. The van der Waals surface area contributed by atoms with Crippen molar-refractivity contribution < 1.29 is 24.5 Å². The van der Waals surface area contributed by atoms with E-state index >= 15 is 0 Å². The number of aromatic nitrogens is 5. The van der Waals surface area contributed by atoms with Gasteiger partial charge in [-0.05, 0) is 35.6 Å². The molecular formula is C29H28ClN7O5. The normalized spacial score (nSPS) is 14.5. The second-order valence-electron chi connectivity index (χ2n) is 10.1. The molecule has 0 saturated carbocycles. The van der Waals surface area contributed by atoms with Gasteiger partial charge in [-0.1, -0.05) is 23.4 Å². The fourth-order valence-electron chi connectivity index (χ4n) is 5.39.